The van der Waals surface area contributed by atoms with Crippen LogP contribution in [0.3, 0.4) is 0 Å². The van der Waals surface area contributed by atoms with E-state index >= 15 is 0 Å². The van der Waals surface area contributed by atoms with Gasteiger partial charge in [0.25, 0.3) is 0 Å². The second-order valence-corrected chi connectivity index (χ2v) is 9.95. The fraction of sp³-hybridized carbons (Fsp3) is 0.333. The molecule has 0 aliphatic heterocycles. The molecule has 0 fully saturated rings. The van der Waals surface area contributed by atoms with Crippen molar-refractivity contribution < 1.29 is 8.42 Å². The first-order chi connectivity index (χ1) is 13.8. The molecule has 0 aliphatic carbocycles. The van der Waals surface area contributed by atoms with Crippen molar-refractivity contribution in [3.05, 3.63) is 71.0 Å². The molecule has 1 N–H and O–H groups in total. The number of hydrogen-bond donors (Lipinski definition) is 1. The van der Waals surface area contributed by atoms with Crippen LogP contribution in [0.1, 0.15) is 42.4 Å². The summed E-state index contributed by atoms with van der Waals surface area (Å²) in [5, 5.41) is 9.44. The Morgan fingerprint density at radius 1 is 1.07 bits per heavy atom. The number of benzene rings is 2. The summed E-state index contributed by atoms with van der Waals surface area (Å²) in [6.07, 6.45) is 0. The van der Waals surface area contributed by atoms with Gasteiger partial charge in [-0.1, -0.05) is 53.7 Å². The Kier molecular flexibility index (Phi) is 6.77. The monoisotopic (exact) mass is 430 g/mol. The summed E-state index contributed by atoms with van der Waals surface area (Å²) in [7, 11) is -3.36. The molecule has 0 amide bonds. The summed E-state index contributed by atoms with van der Waals surface area (Å²) in [5.41, 5.74) is 4.52. The van der Waals surface area contributed by atoms with E-state index in [-0.39, 0.29) is 5.75 Å². The molecule has 1 heterocycles. The second kappa shape index (κ2) is 9.11. The summed E-state index contributed by atoms with van der Waals surface area (Å²) < 4.78 is 28.7. The van der Waals surface area contributed by atoms with Crippen LogP contribution in [0.25, 0.3) is 5.69 Å². The number of hydrogen-bond acceptors (Lipinski definition) is 5. The van der Waals surface area contributed by atoms with E-state index in [0.717, 1.165) is 22.2 Å². The summed E-state index contributed by atoms with van der Waals surface area (Å²) in [4.78, 5) is 0. The maximum atomic E-state index is 12.1. The Balaban J connectivity index is 1.97. The van der Waals surface area contributed by atoms with Crippen molar-refractivity contribution in [3.63, 3.8) is 0 Å². The van der Waals surface area contributed by atoms with E-state index in [1.807, 2.05) is 47.9 Å². The van der Waals surface area contributed by atoms with E-state index in [9.17, 15) is 8.42 Å². The SMILES string of the molecule is CCS(=O)(=O)NC(C)c1nnc(SCc2ccccc2C)n1-c1ccc(C)cc1. The van der Waals surface area contributed by atoms with Crippen LogP contribution in [0.4, 0.5) is 0 Å². The average Bonchev–Trinajstić information content (AvgIpc) is 3.12. The van der Waals surface area contributed by atoms with Crippen molar-refractivity contribution in [1.29, 1.82) is 0 Å². The average molecular weight is 431 g/mol. The lowest BCUT2D eigenvalue weighted by atomic mass is 10.1. The van der Waals surface area contributed by atoms with E-state index < -0.39 is 16.1 Å². The van der Waals surface area contributed by atoms with Crippen molar-refractivity contribution >= 4 is 21.8 Å². The highest BCUT2D eigenvalue weighted by Gasteiger charge is 2.23. The van der Waals surface area contributed by atoms with Gasteiger partial charge in [0.05, 0.1) is 11.8 Å². The van der Waals surface area contributed by atoms with E-state index in [0.29, 0.717) is 5.82 Å². The van der Waals surface area contributed by atoms with E-state index in [2.05, 4.69) is 34.0 Å². The fourth-order valence-electron chi connectivity index (χ4n) is 2.91. The lowest BCUT2D eigenvalue weighted by molar-refractivity contribution is 0.557. The van der Waals surface area contributed by atoms with Crippen molar-refractivity contribution in [1.82, 2.24) is 19.5 Å². The Hall–Kier alpha value is -2.16. The molecule has 0 saturated heterocycles. The number of nitrogens with one attached hydrogen (secondary N) is 1. The number of aryl methyl sites for hydroxylation is 2. The van der Waals surface area contributed by atoms with Crippen molar-refractivity contribution in [2.75, 3.05) is 5.75 Å². The van der Waals surface area contributed by atoms with Gasteiger partial charge >= 0.3 is 0 Å². The largest absolute Gasteiger partial charge is 0.273 e. The minimum atomic E-state index is -3.36. The summed E-state index contributed by atoms with van der Waals surface area (Å²) >= 11 is 1.59. The third-order valence-electron chi connectivity index (χ3n) is 4.69. The van der Waals surface area contributed by atoms with Crippen LogP contribution in [0.15, 0.2) is 53.7 Å². The van der Waals surface area contributed by atoms with Gasteiger partial charge in [0, 0.05) is 11.4 Å². The predicted octanol–water partition coefficient (Wildman–Crippen LogP) is 4.18. The van der Waals surface area contributed by atoms with Gasteiger partial charge in [-0.3, -0.25) is 4.57 Å². The molecule has 2 aromatic carbocycles. The lowest BCUT2D eigenvalue weighted by Gasteiger charge is -2.16. The number of thioether (sulfide) groups is 1. The molecule has 1 aromatic heterocycles. The first kappa shape index (κ1) is 21.5. The van der Waals surface area contributed by atoms with Crippen molar-refractivity contribution in [2.24, 2.45) is 0 Å². The molecule has 0 spiro atoms. The van der Waals surface area contributed by atoms with E-state index in [1.165, 1.54) is 11.1 Å². The van der Waals surface area contributed by atoms with Gasteiger partial charge < -0.3 is 0 Å². The number of aromatic nitrogens is 3. The number of sulfonamides is 1. The van der Waals surface area contributed by atoms with Crippen LogP contribution >= 0.6 is 11.8 Å². The fourth-order valence-corrected chi connectivity index (χ4v) is 4.76. The topological polar surface area (TPSA) is 76.9 Å². The number of rotatable bonds is 8. The number of nitrogens with zero attached hydrogens (tertiary/aromatic N) is 3. The minimum Gasteiger partial charge on any atom is -0.273 e. The molecule has 3 aromatic rings. The van der Waals surface area contributed by atoms with E-state index in [4.69, 9.17) is 0 Å². The zero-order valence-corrected chi connectivity index (χ0v) is 18.7. The van der Waals surface area contributed by atoms with Gasteiger partial charge in [-0.2, -0.15) is 0 Å². The molecule has 29 heavy (non-hydrogen) atoms. The minimum absolute atomic E-state index is 0.0188. The summed E-state index contributed by atoms with van der Waals surface area (Å²) in [6, 6.07) is 15.8. The maximum Gasteiger partial charge on any atom is 0.211 e. The molecule has 0 bridgehead atoms. The molecule has 0 aliphatic rings. The molecule has 8 heteroatoms. The maximum absolute atomic E-state index is 12.1. The zero-order chi connectivity index (χ0) is 21.0. The molecule has 3 rings (SSSR count). The highest BCUT2D eigenvalue weighted by atomic mass is 32.2. The van der Waals surface area contributed by atoms with Crippen molar-refractivity contribution in [3.8, 4) is 5.69 Å². The van der Waals surface area contributed by atoms with Crippen LogP contribution in [-0.2, 0) is 15.8 Å². The van der Waals surface area contributed by atoms with Crippen LogP contribution in [0, 0.1) is 13.8 Å². The normalized spacial score (nSPS) is 12.8. The van der Waals surface area contributed by atoms with E-state index in [1.54, 1.807) is 25.6 Å². The predicted molar refractivity (Wildman–Crippen MR) is 118 cm³/mol. The molecular weight excluding hydrogens is 404 g/mol. The van der Waals surface area contributed by atoms with Gasteiger partial charge in [-0.25, -0.2) is 13.1 Å². The van der Waals surface area contributed by atoms with Gasteiger partial charge in [-0.15, -0.1) is 10.2 Å². The first-order valence-electron chi connectivity index (χ1n) is 9.50. The molecule has 1 unspecified atom stereocenters. The zero-order valence-electron chi connectivity index (χ0n) is 17.1. The molecular formula is C21H26N4O2S2. The lowest BCUT2D eigenvalue weighted by Crippen LogP contribution is -2.30. The highest BCUT2D eigenvalue weighted by molar-refractivity contribution is 7.98. The Morgan fingerprint density at radius 2 is 1.76 bits per heavy atom. The molecule has 0 radical (unpaired) electrons. The van der Waals surface area contributed by atoms with Crippen LogP contribution < -0.4 is 4.72 Å². The van der Waals surface area contributed by atoms with Gasteiger partial charge in [0.2, 0.25) is 10.0 Å². The summed E-state index contributed by atoms with van der Waals surface area (Å²) in [5.74, 6) is 1.34. The quantitative estimate of drug-likeness (QED) is 0.543. The first-order valence-corrected chi connectivity index (χ1v) is 12.1. The van der Waals surface area contributed by atoms with Crippen LogP contribution in [0.5, 0.6) is 0 Å². The van der Waals surface area contributed by atoms with Gasteiger partial charge in [0.1, 0.15) is 0 Å². The Bertz CT molecular complexity index is 1080. The molecule has 6 nitrogen and oxygen atoms in total. The third-order valence-corrected chi connectivity index (χ3v) is 7.14. The second-order valence-electron chi connectivity index (χ2n) is 6.97. The van der Waals surface area contributed by atoms with Crippen LogP contribution in [-0.4, -0.2) is 28.9 Å². The summed E-state index contributed by atoms with van der Waals surface area (Å²) in [6.45, 7) is 7.53. The standard InChI is InChI=1S/C21H26N4O2S2/c1-5-29(26,27)24-17(4)20-22-23-21(25(20)19-12-10-15(2)11-13-19)28-14-18-9-7-6-8-16(18)3/h6-13,17,24H,5,14H2,1-4H3. The smallest absolute Gasteiger partial charge is 0.211 e. The highest BCUT2D eigenvalue weighted by Crippen LogP contribution is 2.28. The molecule has 154 valence electrons. The van der Waals surface area contributed by atoms with Crippen LogP contribution in [0.2, 0.25) is 0 Å². The Morgan fingerprint density at radius 3 is 2.41 bits per heavy atom. The van der Waals surface area contributed by atoms with Gasteiger partial charge in [0.15, 0.2) is 11.0 Å². The molecule has 1 atom stereocenters. The Labute approximate surface area is 176 Å². The molecule has 0 saturated carbocycles. The van der Waals surface area contributed by atoms with Crippen molar-refractivity contribution in [2.45, 2.75) is 44.6 Å². The van der Waals surface area contributed by atoms with Gasteiger partial charge in [-0.05, 0) is 51.0 Å². The third kappa shape index (κ3) is 5.26.